The van der Waals surface area contributed by atoms with Crippen LogP contribution in [0, 0.1) is 11.8 Å². The first kappa shape index (κ1) is 34.9. The maximum Gasteiger partial charge on any atom is 0.0727 e. The fourth-order valence-corrected chi connectivity index (χ4v) is 13.5. The number of para-hydroxylation sites is 2. The van der Waals surface area contributed by atoms with E-state index < -0.39 is 5.41 Å². The molecule has 4 atom stereocenters. The highest BCUT2D eigenvalue weighted by molar-refractivity contribution is 5.98. The van der Waals surface area contributed by atoms with Crippen LogP contribution in [0.25, 0.3) is 33.4 Å². The molecule has 1 spiro atoms. The quantitative estimate of drug-likeness (QED) is 0.157. The van der Waals surface area contributed by atoms with Crippen LogP contribution in [-0.4, -0.2) is 0 Å². The molecule has 0 aromatic heterocycles. The van der Waals surface area contributed by atoms with Crippen molar-refractivity contribution in [2.24, 2.45) is 11.8 Å². The van der Waals surface area contributed by atoms with E-state index in [4.69, 9.17) is 0 Å². The lowest BCUT2D eigenvalue weighted by Crippen LogP contribution is -2.26. The van der Waals surface area contributed by atoms with E-state index in [1.807, 2.05) is 35.2 Å². The van der Waals surface area contributed by atoms with E-state index in [0.717, 1.165) is 58.8 Å². The zero-order valence-electron chi connectivity index (χ0n) is 41.9. The monoisotopic (exact) mass is 864 g/mol. The first-order chi connectivity index (χ1) is 34.6. The van der Waals surface area contributed by atoms with Gasteiger partial charge >= 0.3 is 0 Å². The smallest absolute Gasteiger partial charge is 0.0727 e. The Morgan fingerprint density at radius 1 is 0.418 bits per heavy atom. The Bertz CT molecular complexity index is 3660. The first-order valence-electron chi connectivity index (χ1n) is 26.2. The molecule has 0 heterocycles. The van der Waals surface area contributed by atoms with Crippen LogP contribution in [0.1, 0.15) is 89.9 Å². The van der Waals surface area contributed by atoms with Crippen LogP contribution in [-0.2, 0) is 10.8 Å². The summed E-state index contributed by atoms with van der Waals surface area (Å²) in [5, 5.41) is 0. The number of fused-ring (bicyclic) bond motifs is 15. The summed E-state index contributed by atoms with van der Waals surface area (Å²) >= 11 is 0. The van der Waals surface area contributed by atoms with Gasteiger partial charge in [0, 0.05) is 39.5 Å². The maximum absolute atomic E-state index is 10.0. The van der Waals surface area contributed by atoms with E-state index >= 15 is 0 Å². The van der Waals surface area contributed by atoms with Crippen molar-refractivity contribution in [3.05, 3.63) is 251 Å². The van der Waals surface area contributed by atoms with Crippen molar-refractivity contribution < 1.29 is 5.48 Å². The topological polar surface area (TPSA) is 6.48 Å². The van der Waals surface area contributed by atoms with Crippen LogP contribution < -0.4 is 9.80 Å². The van der Waals surface area contributed by atoms with Gasteiger partial charge in [-0.05, 0) is 182 Å². The van der Waals surface area contributed by atoms with Gasteiger partial charge in [-0.15, -0.1) is 0 Å². The zero-order chi connectivity index (χ0) is 47.9. The molecule has 0 radical (unpaired) electrons. The summed E-state index contributed by atoms with van der Waals surface area (Å²) in [6.07, 6.45) is 4.38. The lowest BCUT2D eigenvalue weighted by molar-refractivity contribution is 0.420. The van der Waals surface area contributed by atoms with Crippen LogP contribution in [0.3, 0.4) is 0 Å². The molecule has 2 bridgehead atoms. The molecule has 2 nitrogen and oxygen atoms in total. The average molecular weight is 865 g/mol. The molecule has 2 heteroatoms. The van der Waals surface area contributed by atoms with Gasteiger partial charge in [0.05, 0.1) is 10.9 Å². The van der Waals surface area contributed by atoms with Crippen LogP contribution in [0.15, 0.2) is 212 Å². The van der Waals surface area contributed by atoms with Crippen molar-refractivity contribution in [3.63, 3.8) is 0 Å². The molecule has 4 unspecified atom stereocenters. The van der Waals surface area contributed by atoms with Crippen molar-refractivity contribution in [1.82, 2.24) is 0 Å². The van der Waals surface area contributed by atoms with E-state index in [9.17, 15) is 5.48 Å². The van der Waals surface area contributed by atoms with Crippen LogP contribution in [0.4, 0.5) is 34.1 Å². The Labute approximate surface area is 400 Å². The molecule has 0 saturated heterocycles. The fraction of sp³-hybridized carbons (Fsp3) is 0.169. The third-order valence-corrected chi connectivity index (χ3v) is 16.4. The van der Waals surface area contributed by atoms with E-state index in [-0.39, 0.29) is 35.5 Å². The summed E-state index contributed by atoms with van der Waals surface area (Å²) in [7, 11) is 0. The second-order valence-corrected chi connectivity index (χ2v) is 20.1. The Morgan fingerprint density at radius 3 is 1.42 bits per heavy atom. The highest BCUT2D eigenvalue weighted by Gasteiger charge is 2.52. The average Bonchev–Trinajstić information content (AvgIpc) is 4.22. The third-order valence-electron chi connectivity index (χ3n) is 16.4. The number of rotatable bonds is 7. The zero-order valence-corrected chi connectivity index (χ0v) is 37.9. The Hall–Kier alpha value is -7.42. The third kappa shape index (κ3) is 5.56. The summed E-state index contributed by atoms with van der Waals surface area (Å²) < 4.78 is 38.3. The molecular formula is C65H52N2. The molecular weight excluding hydrogens is 809 g/mol. The molecule has 0 aliphatic heterocycles. The van der Waals surface area contributed by atoms with Gasteiger partial charge in [-0.1, -0.05) is 160 Å². The summed E-state index contributed by atoms with van der Waals surface area (Å²) in [6.45, 7) is 4.69. The van der Waals surface area contributed by atoms with Crippen LogP contribution >= 0.6 is 0 Å². The van der Waals surface area contributed by atoms with Crippen molar-refractivity contribution in [3.8, 4) is 33.4 Å². The van der Waals surface area contributed by atoms with Crippen molar-refractivity contribution >= 4 is 34.1 Å². The van der Waals surface area contributed by atoms with Gasteiger partial charge in [0.2, 0.25) is 0 Å². The van der Waals surface area contributed by atoms with E-state index in [1.54, 1.807) is 0 Å². The van der Waals surface area contributed by atoms with E-state index in [0.29, 0.717) is 23.1 Å². The van der Waals surface area contributed by atoms with E-state index in [1.165, 1.54) is 62.1 Å². The molecule has 2 saturated carbocycles. The van der Waals surface area contributed by atoms with Gasteiger partial charge in [0.1, 0.15) is 0 Å². The Balaban J connectivity index is 0.996. The first-order valence-corrected chi connectivity index (χ1v) is 24.2. The molecule has 5 aliphatic rings. The molecule has 9 aromatic rings. The Morgan fingerprint density at radius 2 is 0.881 bits per heavy atom. The van der Waals surface area contributed by atoms with Crippen molar-refractivity contribution in [1.29, 1.82) is 0 Å². The van der Waals surface area contributed by atoms with Gasteiger partial charge < -0.3 is 9.80 Å². The summed E-state index contributed by atoms with van der Waals surface area (Å²) in [5.74, 6) is 1.08. The van der Waals surface area contributed by atoms with Gasteiger partial charge in [-0.2, -0.15) is 0 Å². The second kappa shape index (κ2) is 14.5. The van der Waals surface area contributed by atoms with Crippen LogP contribution in [0.5, 0.6) is 0 Å². The number of nitrogens with zero attached hydrogens (tertiary/aromatic N) is 2. The summed E-state index contributed by atoms with van der Waals surface area (Å²) in [6, 6.07) is 68.2. The number of hydrogen-bond donors (Lipinski definition) is 0. The number of hydrogen-bond acceptors (Lipinski definition) is 2. The second-order valence-electron chi connectivity index (χ2n) is 20.1. The molecule has 0 amide bonds. The Kier molecular flexibility index (Phi) is 7.57. The van der Waals surface area contributed by atoms with Crippen molar-refractivity contribution in [2.45, 2.75) is 56.3 Å². The van der Waals surface area contributed by atoms with Crippen molar-refractivity contribution in [2.75, 3.05) is 9.80 Å². The van der Waals surface area contributed by atoms with Crippen LogP contribution in [0.2, 0.25) is 0 Å². The lowest BCUT2D eigenvalue weighted by atomic mass is 9.70. The largest absolute Gasteiger partial charge is 0.310 e. The molecule has 2 fully saturated rings. The molecule has 0 N–H and O–H groups in total. The maximum atomic E-state index is 10.0. The fourth-order valence-electron chi connectivity index (χ4n) is 13.5. The van der Waals surface area contributed by atoms with Gasteiger partial charge in [0.15, 0.2) is 0 Å². The molecule has 322 valence electrons. The normalized spacial score (nSPS) is 21.3. The minimum Gasteiger partial charge on any atom is -0.310 e. The molecule has 5 aliphatic carbocycles. The predicted octanol–water partition coefficient (Wildman–Crippen LogP) is 17.2. The summed E-state index contributed by atoms with van der Waals surface area (Å²) in [4.78, 5) is 4.46. The van der Waals surface area contributed by atoms with Gasteiger partial charge in [0.25, 0.3) is 0 Å². The minimum atomic E-state index is -0.719. The highest BCUT2D eigenvalue weighted by Crippen LogP contribution is 2.64. The lowest BCUT2D eigenvalue weighted by Gasteiger charge is -2.33. The highest BCUT2D eigenvalue weighted by atomic mass is 15.1. The number of benzene rings is 9. The SMILES string of the molecule is [2H]c1c([2H])c(C2CC3CCC2C3)c([2H])c(N(c2ccccc2)c2ccc3c(c2)C2(c4ccccc4-c4ccc(N(c5ccccc5)c5ccc6c(c5)C(C)(C)c5ccccc5-6)cc42)c2ccccc2-3)c1[2H]. The molecule has 14 rings (SSSR count). The molecule has 9 aromatic carbocycles. The minimum absolute atomic E-state index is 0.0471. The van der Waals surface area contributed by atoms with Gasteiger partial charge in [-0.3, -0.25) is 0 Å². The standard InChI is InChI=1S/C65H52N2/c1-64(2)58-25-12-9-22-51(58)54-33-30-48(39-61(54)64)67(46-19-7-4-8-20-46)50-32-35-56-53-24-11-14-27-60(53)65(63(56)41-50)59-26-13-10-23-52(59)55-34-31-49(40-62(55)65)66(45-17-5-3-6-18-45)47-21-15-16-43(38-47)57-37-42-28-29-44(57)36-42/h3-27,30-35,38-42,44,57H,28-29,36-37H2,1-2H3/i15D,16D,21D,38D. The van der Waals surface area contributed by atoms with E-state index in [2.05, 4.69) is 176 Å². The number of anilines is 6. The molecule has 67 heavy (non-hydrogen) atoms. The predicted molar refractivity (Wildman–Crippen MR) is 278 cm³/mol. The summed E-state index contributed by atoms with van der Waals surface area (Å²) in [5.41, 5.74) is 19.8. The van der Waals surface area contributed by atoms with Gasteiger partial charge in [-0.25, -0.2) is 0 Å².